The van der Waals surface area contributed by atoms with Crippen molar-refractivity contribution in [1.82, 2.24) is 14.6 Å². The fourth-order valence-corrected chi connectivity index (χ4v) is 1.64. The first-order chi connectivity index (χ1) is 6.84. The Morgan fingerprint density at radius 1 is 1.40 bits per heavy atom. The van der Waals surface area contributed by atoms with Gasteiger partial charge in [0.25, 0.3) is 0 Å². The number of fused-ring (bicyclic) bond motifs is 3. The van der Waals surface area contributed by atoms with E-state index in [2.05, 4.69) is 29.1 Å². The molecule has 0 saturated heterocycles. The second-order valence-electron chi connectivity index (χ2n) is 3.35. The molecular formula is C11H8IrN3-. The second kappa shape index (κ2) is 3.72. The molecule has 3 rings (SSSR count). The zero-order valence-electron chi connectivity index (χ0n) is 8.06. The first-order valence-corrected chi connectivity index (χ1v) is 4.45. The summed E-state index contributed by atoms with van der Waals surface area (Å²) in [5.41, 5.74) is 2.07. The van der Waals surface area contributed by atoms with Crippen molar-refractivity contribution in [3.8, 4) is 0 Å². The second-order valence-corrected chi connectivity index (χ2v) is 3.35. The van der Waals surface area contributed by atoms with E-state index in [0.717, 1.165) is 16.4 Å². The minimum absolute atomic E-state index is 0. The van der Waals surface area contributed by atoms with Gasteiger partial charge in [-0.2, -0.15) is 5.10 Å². The van der Waals surface area contributed by atoms with Crippen molar-refractivity contribution in [3.05, 3.63) is 42.4 Å². The molecule has 1 radical (unpaired) electrons. The van der Waals surface area contributed by atoms with E-state index in [4.69, 9.17) is 0 Å². The minimum Gasteiger partial charge on any atom is -0.264 e. The van der Waals surface area contributed by atoms with Crippen LogP contribution in [0.1, 0.15) is 5.56 Å². The normalized spacial score (nSPS) is 10.5. The SMILES string of the molecule is Cc1c[c-]c2c(ccn3ncnc23)c1.[Ir]. The summed E-state index contributed by atoms with van der Waals surface area (Å²) in [6.07, 6.45) is 3.47. The van der Waals surface area contributed by atoms with E-state index >= 15 is 0 Å². The molecule has 0 aliphatic heterocycles. The molecule has 0 amide bonds. The van der Waals surface area contributed by atoms with Gasteiger partial charge in [-0.1, -0.05) is 18.4 Å². The van der Waals surface area contributed by atoms with Crippen LogP contribution >= 0.6 is 0 Å². The van der Waals surface area contributed by atoms with E-state index in [0.29, 0.717) is 0 Å². The smallest absolute Gasteiger partial charge is 0.127 e. The number of hydrogen-bond donors (Lipinski definition) is 0. The Balaban J connectivity index is 0.000000853. The van der Waals surface area contributed by atoms with Gasteiger partial charge in [0, 0.05) is 26.3 Å². The van der Waals surface area contributed by atoms with Crippen LogP contribution in [0.25, 0.3) is 16.4 Å². The van der Waals surface area contributed by atoms with Crippen LogP contribution in [-0.4, -0.2) is 14.6 Å². The van der Waals surface area contributed by atoms with E-state index in [1.165, 1.54) is 5.56 Å². The third-order valence-corrected chi connectivity index (χ3v) is 2.31. The Bertz CT molecular complexity index is 615. The minimum atomic E-state index is 0. The van der Waals surface area contributed by atoms with Gasteiger partial charge in [0.2, 0.25) is 0 Å². The molecule has 3 aromatic rings. The first kappa shape index (κ1) is 10.3. The molecule has 0 aliphatic rings. The summed E-state index contributed by atoms with van der Waals surface area (Å²) < 4.78 is 1.76. The topological polar surface area (TPSA) is 30.2 Å². The van der Waals surface area contributed by atoms with Crippen LogP contribution in [0.5, 0.6) is 0 Å². The largest absolute Gasteiger partial charge is 0.264 e. The molecule has 0 saturated carbocycles. The average Bonchev–Trinajstić information content (AvgIpc) is 2.65. The van der Waals surface area contributed by atoms with Gasteiger partial charge in [0.1, 0.15) is 6.33 Å². The molecule has 2 aromatic heterocycles. The van der Waals surface area contributed by atoms with Gasteiger partial charge in [-0.25, -0.2) is 0 Å². The molecular weight excluding hydrogens is 366 g/mol. The molecule has 0 fully saturated rings. The maximum Gasteiger partial charge on any atom is 0.127 e. The molecule has 0 spiro atoms. The van der Waals surface area contributed by atoms with Gasteiger partial charge in [-0.15, -0.1) is 29.1 Å². The summed E-state index contributed by atoms with van der Waals surface area (Å²) in [4.78, 5) is 4.20. The Morgan fingerprint density at radius 3 is 3.13 bits per heavy atom. The van der Waals surface area contributed by atoms with Crippen molar-refractivity contribution in [2.45, 2.75) is 6.92 Å². The summed E-state index contributed by atoms with van der Waals surface area (Å²) in [7, 11) is 0. The average molecular weight is 374 g/mol. The zero-order chi connectivity index (χ0) is 9.54. The molecule has 15 heavy (non-hydrogen) atoms. The monoisotopic (exact) mass is 375 g/mol. The van der Waals surface area contributed by atoms with E-state index in [1.54, 1.807) is 10.8 Å². The predicted octanol–water partition coefficient (Wildman–Crippen LogP) is 1.99. The van der Waals surface area contributed by atoms with E-state index in [-0.39, 0.29) is 20.1 Å². The van der Waals surface area contributed by atoms with Crippen LogP contribution in [-0.2, 0) is 20.1 Å². The molecule has 0 bridgehead atoms. The number of aromatic nitrogens is 3. The van der Waals surface area contributed by atoms with Crippen molar-refractivity contribution >= 4 is 16.4 Å². The summed E-state index contributed by atoms with van der Waals surface area (Å²) >= 11 is 0. The van der Waals surface area contributed by atoms with E-state index < -0.39 is 0 Å². The first-order valence-electron chi connectivity index (χ1n) is 4.45. The summed E-state index contributed by atoms with van der Waals surface area (Å²) in [5.74, 6) is 0. The van der Waals surface area contributed by atoms with Crippen molar-refractivity contribution in [2.24, 2.45) is 0 Å². The van der Waals surface area contributed by atoms with Gasteiger partial charge in [0.15, 0.2) is 0 Å². The fourth-order valence-electron chi connectivity index (χ4n) is 1.64. The summed E-state index contributed by atoms with van der Waals surface area (Å²) in [6, 6.07) is 9.35. The van der Waals surface area contributed by atoms with Crippen LogP contribution in [0.15, 0.2) is 30.7 Å². The van der Waals surface area contributed by atoms with Crippen LogP contribution in [0, 0.1) is 13.0 Å². The Kier molecular flexibility index (Phi) is 2.55. The van der Waals surface area contributed by atoms with Gasteiger partial charge < -0.3 is 0 Å². The molecule has 0 atom stereocenters. The molecule has 3 nitrogen and oxygen atoms in total. The number of hydrogen-bond acceptors (Lipinski definition) is 2. The Labute approximate surface area is 100 Å². The summed E-state index contributed by atoms with van der Waals surface area (Å²) in [6.45, 7) is 2.06. The molecule has 0 unspecified atom stereocenters. The number of nitrogens with zero attached hydrogens (tertiary/aromatic N) is 3. The number of benzene rings is 1. The zero-order valence-corrected chi connectivity index (χ0v) is 10.5. The van der Waals surface area contributed by atoms with Crippen LogP contribution in [0.4, 0.5) is 0 Å². The van der Waals surface area contributed by atoms with Crippen LogP contribution < -0.4 is 0 Å². The molecule has 4 heteroatoms. The van der Waals surface area contributed by atoms with Crippen molar-refractivity contribution < 1.29 is 20.1 Å². The number of pyridine rings is 1. The number of aryl methyl sites for hydroxylation is 1. The predicted molar refractivity (Wildman–Crippen MR) is 54.1 cm³/mol. The van der Waals surface area contributed by atoms with Gasteiger partial charge >= 0.3 is 0 Å². The van der Waals surface area contributed by atoms with Crippen molar-refractivity contribution in [2.75, 3.05) is 0 Å². The van der Waals surface area contributed by atoms with Crippen molar-refractivity contribution in [1.29, 1.82) is 0 Å². The Hall–Kier alpha value is -1.25. The molecule has 1 aromatic carbocycles. The maximum absolute atomic E-state index is 4.20. The maximum atomic E-state index is 4.20. The summed E-state index contributed by atoms with van der Waals surface area (Å²) in [5, 5.41) is 6.26. The Morgan fingerprint density at radius 2 is 2.27 bits per heavy atom. The van der Waals surface area contributed by atoms with Crippen LogP contribution in [0.3, 0.4) is 0 Å². The van der Waals surface area contributed by atoms with Gasteiger partial charge in [0.05, 0.1) is 5.65 Å². The molecule has 0 aliphatic carbocycles. The van der Waals surface area contributed by atoms with Gasteiger partial charge in [-0.05, 0) is 0 Å². The fraction of sp³-hybridized carbons (Fsp3) is 0.0909. The van der Waals surface area contributed by atoms with E-state index in [1.807, 2.05) is 18.3 Å². The molecule has 77 valence electrons. The quantitative estimate of drug-likeness (QED) is 0.564. The third kappa shape index (κ3) is 1.56. The molecule has 0 N–H and O–H groups in total. The van der Waals surface area contributed by atoms with Crippen LogP contribution in [0.2, 0.25) is 0 Å². The standard InChI is InChI=1S/C11H8N3.Ir/c1-8-2-3-10-9(6-8)4-5-14-11(10)12-7-13-14;/h2,4-7H,1H3;/q-1;. The third-order valence-electron chi connectivity index (χ3n) is 2.31. The number of rotatable bonds is 0. The van der Waals surface area contributed by atoms with Gasteiger partial charge in [-0.3, -0.25) is 9.50 Å². The molecule has 2 heterocycles. The van der Waals surface area contributed by atoms with Crippen molar-refractivity contribution in [3.63, 3.8) is 0 Å². The van der Waals surface area contributed by atoms with E-state index in [9.17, 15) is 0 Å².